The average Bonchev–Trinajstić information content (AvgIpc) is 2.97. The van der Waals surface area contributed by atoms with Crippen molar-refractivity contribution in [2.75, 3.05) is 5.32 Å². The zero-order valence-corrected chi connectivity index (χ0v) is 15.1. The van der Waals surface area contributed by atoms with Crippen molar-refractivity contribution in [3.05, 3.63) is 48.3 Å². The van der Waals surface area contributed by atoms with Crippen molar-refractivity contribution >= 4 is 17.6 Å². The summed E-state index contributed by atoms with van der Waals surface area (Å²) in [6.07, 6.45) is 4.89. The number of carbonyl (C=O) groups is 1. The molecule has 0 spiro atoms. The van der Waals surface area contributed by atoms with Crippen LogP contribution < -0.4 is 24.2 Å². The van der Waals surface area contributed by atoms with E-state index < -0.39 is 5.97 Å². The third kappa shape index (κ3) is 4.10. The van der Waals surface area contributed by atoms with Gasteiger partial charge in [0.05, 0.1) is 29.5 Å². The Morgan fingerprint density at radius 2 is 1.96 bits per heavy atom. The second-order valence-corrected chi connectivity index (χ2v) is 5.78. The van der Waals surface area contributed by atoms with Crippen molar-refractivity contribution in [1.82, 2.24) is 24.5 Å². The number of hydrogen-bond acceptors (Lipinski definition) is 6. The van der Waals surface area contributed by atoms with Crippen LogP contribution in [-0.2, 0) is 0 Å². The molecule has 0 bridgehead atoms. The Morgan fingerprint density at radius 3 is 2.58 bits per heavy atom. The number of nitrogens with one attached hydrogen (secondary N) is 1. The van der Waals surface area contributed by atoms with E-state index in [1.165, 1.54) is 12.3 Å². The number of pyridine rings is 1. The Hall–Kier alpha value is -2.69. The second kappa shape index (κ2) is 8.12. The molecule has 3 rings (SSSR count). The summed E-state index contributed by atoms with van der Waals surface area (Å²) in [4.78, 5) is 27.8. The van der Waals surface area contributed by atoms with Gasteiger partial charge >= 0.3 is 24.8 Å². The van der Waals surface area contributed by atoms with Crippen LogP contribution in [0.25, 0.3) is 11.4 Å². The number of imidazole rings is 1. The van der Waals surface area contributed by atoms with Crippen LogP contribution in [0.3, 0.4) is 0 Å². The largest absolute Gasteiger partial charge is 1.00 e. The van der Waals surface area contributed by atoms with Crippen molar-refractivity contribution in [3.63, 3.8) is 0 Å². The Labute approximate surface area is 164 Å². The number of anilines is 2. The fourth-order valence-corrected chi connectivity index (χ4v) is 2.58. The van der Waals surface area contributed by atoms with Gasteiger partial charge in [-0.15, -0.1) is 0 Å². The van der Waals surface area contributed by atoms with Gasteiger partial charge in [0.2, 0.25) is 5.95 Å². The predicted octanol–water partition coefficient (Wildman–Crippen LogP) is 0.183. The third-order valence-electron chi connectivity index (χ3n) is 3.65. The molecule has 0 aliphatic carbocycles. The molecule has 0 aromatic carbocycles. The molecule has 0 unspecified atom stereocenters. The van der Waals surface area contributed by atoms with Crippen LogP contribution in [0, 0.1) is 6.92 Å². The molecule has 0 radical (unpaired) electrons. The number of aromatic carboxylic acids is 1. The smallest absolute Gasteiger partial charge is 1.00 e. The normalized spacial score (nSPS) is 10.5. The molecule has 0 atom stereocenters. The number of carboxylic acids is 1. The molecule has 26 heavy (non-hydrogen) atoms. The Balaban J connectivity index is 0.00000182. The van der Waals surface area contributed by atoms with Gasteiger partial charge in [-0.1, -0.05) is 0 Å². The fourth-order valence-electron chi connectivity index (χ4n) is 2.58. The third-order valence-corrected chi connectivity index (χ3v) is 3.65. The summed E-state index contributed by atoms with van der Waals surface area (Å²) in [5, 5.41) is 11.9. The van der Waals surface area contributed by atoms with E-state index in [4.69, 9.17) is 5.11 Å². The first-order valence-electron chi connectivity index (χ1n) is 7.79. The first-order chi connectivity index (χ1) is 12.0. The minimum Gasteiger partial charge on any atom is -1.00 e. The van der Waals surface area contributed by atoms with Gasteiger partial charge in [-0.25, -0.2) is 24.7 Å². The van der Waals surface area contributed by atoms with E-state index in [1.54, 1.807) is 18.5 Å². The Bertz CT molecular complexity index is 914. The standard InChI is InChI=1S/C17H18N6O2.Li.H/c1-10(2)23-11(3)19-9-15(23)13-6-7-18-17(22-13)21-12-4-5-14(16(24)25)20-8-12;;/h4-10H,1-3H3,(H,24,25)(H,18,21,22);;/q;+1;-1. The van der Waals surface area contributed by atoms with Gasteiger partial charge in [-0.2, -0.15) is 0 Å². The summed E-state index contributed by atoms with van der Waals surface area (Å²) in [7, 11) is 0. The molecule has 0 aliphatic rings. The van der Waals surface area contributed by atoms with Crippen LogP contribution in [0.4, 0.5) is 11.6 Å². The summed E-state index contributed by atoms with van der Waals surface area (Å²) in [5.74, 6) is 0.255. The maximum absolute atomic E-state index is 10.8. The number of aromatic nitrogens is 5. The first-order valence-corrected chi connectivity index (χ1v) is 7.79. The fraction of sp³-hybridized carbons (Fsp3) is 0.235. The molecule has 9 heteroatoms. The van der Waals surface area contributed by atoms with Crippen LogP contribution in [0.15, 0.2) is 36.8 Å². The Morgan fingerprint density at radius 1 is 1.19 bits per heavy atom. The number of rotatable bonds is 5. The molecule has 0 saturated heterocycles. The molecule has 0 aliphatic heterocycles. The number of aryl methyl sites for hydroxylation is 1. The molecule has 2 N–H and O–H groups in total. The molecule has 8 nitrogen and oxygen atoms in total. The van der Waals surface area contributed by atoms with E-state index in [-0.39, 0.29) is 32.0 Å². The van der Waals surface area contributed by atoms with Gasteiger partial charge in [-0.05, 0) is 39.0 Å². The van der Waals surface area contributed by atoms with Crippen molar-refractivity contribution < 1.29 is 30.2 Å². The summed E-state index contributed by atoms with van der Waals surface area (Å²) in [6.45, 7) is 6.14. The van der Waals surface area contributed by atoms with Gasteiger partial charge in [0, 0.05) is 12.2 Å². The number of nitrogens with zero attached hydrogens (tertiary/aromatic N) is 5. The van der Waals surface area contributed by atoms with E-state index >= 15 is 0 Å². The number of hydrogen-bond donors (Lipinski definition) is 2. The van der Waals surface area contributed by atoms with Gasteiger partial charge in [0.1, 0.15) is 11.5 Å². The van der Waals surface area contributed by atoms with Gasteiger partial charge in [-0.3, -0.25) is 0 Å². The molecule has 3 aromatic rings. The molecule has 3 heterocycles. The SMILES string of the molecule is Cc1ncc(-c2ccnc(Nc3ccc(C(=O)O)nc3)n2)n1C(C)C.[H-].[Li+]. The predicted molar refractivity (Wildman–Crippen MR) is 94.0 cm³/mol. The molecule has 0 amide bonds. The van der Waals surface area contributed by atoms with E-state index in [0.717, 1.165) is 17.2 Å². The van der Waals surface area contributed by atoms with Crippen molar-refractivity contribution in [2.45, 2.75) is 26.8 Å². The van der Waals surface area contributed by atoms with Crippen LogP contribution in [0.1, 0.15) is 37.6 Å². The molecular formula is C17H19LiN6O2. The van der Waals surface area contributed by atoms with Crippen molar-refractivity contribution in [1.29, 1.82) is 0 Å². The van der Waals surface area contributed by atoms with Crippen molar-refractivity contribution in [2.24, 2.45) is 0 Å². The molecular weight excluding hydrogens is 327 g/mol. The molecule has 3 aromatic heterocycles. The molecule has 0 saturated carbocycles. The zero-order chi connectivity index (χ0) is 18.0. The van der Waals surface area contributed by atoms with E-state index in [1.807, 2.05) is 13.0 Å². The molecule has 130 valence electrons. The van der Waals surface area contributed by atoms with Crippen LogP contribution in [-0.4, -0.2) is 35.6 Å². The monoisotopic (exact) mass is 346 g/mol. The quantitative estimate of drug-likeness (QED) is 0.635. The van der Waals surface area contributed by atoms with E-state index in [2.05, 4.69) is 43.7 Å². The topological polar surface area (TPSA) is 106 Å². The average molecular weight is 346 g/mol. The minimum atomic E-state index is -1.07. The van der Waals surface area contributed by atoms with Crippen LogP contribution in [0.5, 0.6) is 0 Å². The summed E-state index contributed by atoms with van der Waals surface area (Å²) < 4.78 is 2.11. The zero-order valence-electron chi connectivity index (χ0n) is 16.1. The maximum Gasteiger partial charge on any atom is 1.00 e. The van der Waals surface area contributed by atoms with Crippen LogP contribution >= 0.6 is 0 Å². The second-order valence-electron chi connectivity index (χ2n) is 5.78. The van der Waals surface area contributed by atoms with E-state index in [0.29, 0.717) is 11.6 Å². The maximum atomic E-state index is 10.8. The van der Waals surface area contributed by atoms with Crippen molar-refractivity contribution in [3.8, 4) is 11.4 Å². The Kier molecular flexibility index (Phi) is 6.13. The molecule has 0 fully saturated rings. The minimum absolute atomic E-state index is 0. The summed E-state index contributed by atoms with van der Waals surface area (Å²) >= 11 is 0. The van der Waals surface area contributed by atoms with Gasteiger partial charge in [0.15, 0.2) is 0 Å². The van der Waals surface area contributed by atoms with Gasteiger partial charge in [0.25, 0.3) is 0 Å². The summed E-state index contributed by atoms with van der Waals surface area (Å²) in [6, 6.07) is 5.13. The van der Waals surface area contributed by atoms with Gasteiger partial charge < -0.3 is 16.4 Å². The van der Waals surface area contributed by atoms with Crippen LogP contribution in [0.2, 0.25) is 0 Å². The van der Waals surface area contributed by atoms with E-state index in [9.17, 15) is 4.79 Å². The number of carboxylic acid groups (broad SMARTS) is 1. The summed E-state index contributed by atoms with van der Waals surface area (Å²) in [5.41, 5.74) is 2.26. The first kappa shape index (κ1) is 19.6.